The van der Waals surface area contributed by atoms with E-state index >= 15 is 0 Å². The SMILES string of the molecule is Cc1ccc(C2(CN)CCC2)c(O)c1. The summed E-state index contributed by atoms with van der Waals surface area (Å²) < 4.78 is 0. The van der Waals surface area contributed by atoms with E-state index in [2.05, 4.69) is 0 Å². The Morgan fingerprint density at radius 2 is 2.14 bits per heavy atom. The van der Waals surface area contributed by atoms with Crippen LogP contribution in [0.5, 0.6) is 5.75 Å². The fourth-order valence-electron chi connectivity index (χ4n) is 2.28. The minimum absolute atomic E-state index is 0.0672. The zero-order chi connectivity index (χ0) is 10.2. The van der Waals surface area contributed by atoms with E-state index in [0.717, 1.165) is 24.0 Å². The maximum absolute atomic E-state index is 9.87. The number of phenolic OH excluding ortho intramolecular Hbond substituents is 1. The van der Waals surface area contributed by atoms with Crippen LogP contribution in [-0.4, -0.2) is 11.7 Å². The lowest BCUT2D eigenvalue weighted by atomic mass is 9.64. The zero-order valence-corrected chi connectivity index (χ0v) is 8.59. The van der Waals surface area contributed by atoms with Gasteiger partial charge in [-0.15, -0.1) is 0 Å². The highest BCUT2D eigenvalue weighted by Crippen LogP contribution is 2.46. The summed E-state index contributed by atoms with van der Waals surface area (Å²) in [6.45, 7) is 2.63. The molecule has 0 saturated heterocycles. The predicted octanol–water partition coefficient (Wildman–Crippen LogP) is 2.08. The number of rotatable bonds is 2. The van der Waals surface area contributed by atoms with E-state index in [1.165, 1.54) is 6.42 Å². The third kappa shape index (κ3) is 1.30. The van der Waals surface area contributed by atoms with Crippen molar-refractivity contribution in [1.29, 1.82) is 0 Å². The molecule has 0 spiro atoms. The van der Waals surface area contributed by atoms with Crippen molar-refractivity contribution in [3.8, 4) is 5.75 Å². The van der Waals surface area contributed by atoms with Crippen LogP contribution in [0.4, 0.5) is 0 Å². The standard InChI is InChI=1S/C12H17NO/c1-9-3-4-10(11(14)7-9)12(8-13)5-2-6-12/h3-4,7,14H,2,5-6,8,13H2,1H3. The van der Waals surface area contributed by atoms with Gasteiger partial charge >= 0.3 is 0 Å². The van der Waals surface area contributed by atoms with E-state index in [4.69, 9.17) is 5.73 Å². The average molecular weight is 191 g/mol. The summed E-state index contributed by atoms with van der Waals surface area (Å²) in [6.07, 6.45) is 3.45. The Balaban J connectivity index is 2.40. The van der Waals surface area contributed by atoms with E-state index in [0.29, 0.717) is 12.3 Å². The summed E-state index contributed by atoms with van der Waals surface area (Å²) in [6, 6.07) is 5.90. The van der Waals surface area contributed by atoms with Gasteiger partial charge in [-0.05, 0) is 31.4 Å². The topological polar surface area (TPSA) is 46.2 Å². The van der Waals surface area contributed by atoms with Gasteiger partial charge in [-0.1, -0.05) is 18.6 Å². The van der Waals surface area contributed by atoms with Crippen LogP contribution in [0.25, 0.3) is 0 Å². The Bertz CT molecular complexity index is 337. The molecule has 1 aliphatic rings. The van der Waals surface area contributed by atoms with E-state index in [9.17, 15) is 5.11 Å². The third-order valence-corrected chi connectivity index (χ3v) is 3.43. The van der Waals surface area contributed by atoms with E-state index in [-0.39, 0.29) is 5.41 Å². The molecule has 0 aliphatic heterocycles. The lowest BCUT2D eigenvalue weighted by Gasteiger charge is -2.41. The van der Waals surface area contributed by atoms with Gasteiger partial charge in [-0.3, -0.25) is 0 Å². The molecule has 76 valence electrons. The Morgan fingerprint density at radius 1 is 1.43 bits per heavy atom. The van der Waals surface area contributed by atoms with Crippen LogP contribution in [0.15, 0.2) is 18.2 Å². The number of aryl methyl sites for hydroxylation is 1. The quantitative estimate of drug-likeness (QED) is 0.751. The molecular weight excluding hydrogens is 174 g/mol. The highest BCUT2D eigenvalue weighted by Gasteiger charge is 2.38. The maximum Gasteiger partial charge on any atom is 0.119 e. The first kappa shape index (κ1) is 9.53. The van der Waals surface area contributed by atoms with Gasteiger partial charge in [0.15, 0.2) is 0 Å². The first-order valence-electron chi connectivity index (χ1n) is 5.18. The molecule has 2 nitrogen and oxygen atoms in total. The van der Waals surface area contributed by atoms with Crippen molar-refractivity contribution in [2.24, 2.45) is 5.73 Å². The molecule has 0 atom stereocenters. The van der Waals surface area contributed by atoms with E-state index < -0.39 is 0 Å². The molecule has 14 heavy (non-hydrogen) atoms. The molecule has 0 aromatic heterocycles. The summed E-state index contributed by atoms with van der Waals surface area (Å²) in [5, 5.41) is 9.87. The molecule has 1 aliphatic carbocycles. The highest BCUT2D eigenvalue weighted by atomic mass is 16.3. The van der Waals surface area contributed by atoms with Gasteiger partial charge in [-0.2, -0.15) is 0 Å². The fourth-order valence-corrected chi connectivity index (χ4v) is 2.28. The molecule has 2 heteroatoms. The van der Waals surface area contributed by atoms with Crippen LogP contribution in [0.2, 0.25) is 0 Å². The molecular formula is C12H17NO. The minimum atomic E-state index is 0.0672. The number of benzene rings is 1. The summed E-state index contributed by atoms with van der Waals surface area (Å²) in [5.74, 6) is 0.412. The minimum Gasteiger partial charge on any atom is -0.508 e. The van der Waals surface area contributed by atoms with Gasteiger partial charge in [0.05, 0.1) is 0 Å². The number of hydrogen-bond donors (Lipinski definition) is 2. The normalized spacial score (nSPS) is 19.0. The molecule has 1 aromatic carbocycles. The fraction of sp³-hybridized carbons (Fsp3) is 0.500. The number of phenols is 1. The molecule has 2 rings (SSSR count). The van der Waals surface area contributed by atoms with Crippen molar-refractivity contribution in [2.75, 3.05) is 6.54 Å². The molecule has 3 N–H and O–H groups in total. The highest BCUT2D eigenvalue weighted by molar-refractivity contribution is 5.42. The van der Waals surface area contributed by atoms with Crippen LogP contribution in [-0.2, 0) is 5.41 Å². The molecule has 0 heterocycles. The predicted molar refractivity (Wildman–Crippen MR) is 57.4 cm³/mol. The van der Waals surface area contributed by atoms with Crippen molar-refractivity contribution >= 4 is 0 Å². The van der Waals surface area contributed by atoms with Gasteiger partial charge in [-0.25, -0.2) is 0 Å². The van der Waals surface area contributed by atoms with Crippen LogP contribution in [0, 0.1) is 6.92 Å². The maximum atomic E-state index is 9.87. The van der Waals surface area contributed by atoms with Gasteiger partial charge in [0.25, 0.3) is 0 Å². The number of hydrogen-bond acceptors (Lipinski definition) is 2. The largest absolute Gasteiger partial charge is 0.508 e. The monoisotopic (exact) mass is 191 g/mol. The van der Waals surface area contributed by atoms with Crippen LogP contribution in [0.3, 0.4) is 0 Å². The molecule has 1 saturated carbocycles. The van der Waals surface area contributed by atoms with Crippen molar-refractivity contribution in [3.63, 3.8) is 0 Å². The van der Waals surface area contributed by atoms with Gasteiger partial charge < -0.3 is 10.8 Å². The Labute approximate surface area is 84.7 Å². The third-order valence-electron chi connectivity index (χ3n) is 3.43. The first-order chi connectivity index (χ1) is 6.68. The summed E-state index contributed by atoms with van der Waals surface area (Å²) in [7, 11) is 0. The first-order valence-corrected chi connectivity index (χ1v) is 5.18. The van der Waals surface area contributed by atoms with E-state index in [1.807, 2.05) is 25.1 Å². The smallest absolute Gasteiger partial charge is 0.119 e. The van der Waals surface area contributed by atoms with Crippen molar-refractivity contribution in [2.45, 2.75) is 31.6 Å². The second kappa shape index (κ2) is 3.28. The van der Waals surface area contributed by atoms with Crippen LogP contribution < -0.4 is 5.73 Å². The Kier molecular flexibility index (Phi) is 2.23. The van der Waals surface area contributed by atoms with Crippen molar-refractivity contribution < 1.29 is 5.11 Å². The second-order valence-electron chi connectivity index (χ2n) is 4.36. The molecule has 0 amide bonds. The summed E-state index contributed by atoms with van der Waals surface area (Å²) in [4.78, 5) is 0. The second-order valence-corrected chi connectivity index (χ2v) is 4.36. The lowest BCUT2D eigenvalue weighted by molar-refractivity contribution is 0.245. The van der Waals surface area contributed by atoms with Crippen molar-refractivity contribution in [1.82, 2.24) is 0 Å². The molecule has 1 aromatic rings. The number of nitrogens with two attached hydrogens (primary N) is 1. The molecule has 0 radical (unpaired) electrons. The van der Waals surface area contributed by atoms with E-state index in [1.54, 1.807) is 0 Å². The van der Waals surface area contributed by atoms with Gasteiger partial charge in [0.2, 0.25) is 0 Å². The Hall–Kier alpha value is -1.02. The molecule has 0 unspecified atom stereocenters. The van der Waals surface area contributed by atoms with Crippen LogP contribution in [0.1, 0.15) is 30.4 Å². The Morgan fingerprint density at radius 3 is 2.57 bits per heavy atom. The molecule has 1 fully saturated rings. The molecule has 0 bridgehead atoms. The summed E-state index contributed by atoms with van der Waals surface area (Å²) in [5.41, 5.74) is 8.00. The van der Waals surface area contributed by atoms with Crippen molar-refractivity contribution in [3.05, 3.63) is 29.3 Å². The summed E-state index contributed by atoms with van der Waals surface area (Å²) >= 11 is 0. The van der Waals surface area contributed by atoms with Gasteiger partial charge in [0.1, 0.15) is 5.75 Å². The zero-order valence-electron chi connectivity index (χ0n) is 8.59. The lowest BCUT2D eigenvalue weighted by Crippen LogP contribution is -2.41. The number of aromatic hydroxyl groups is 1. The average Bonchev–Trinajstić information content (AvgIpc) is 2.07. The van der Waals surface area contributed by atoms with Gasteiger partial charge in [0, 0.05) is 17.5 Å². The van der Waals surface area contributed by atoms with Crippen LogP contribution >= 0.6 is 0 Å².